The number of benzene rings is 1. The predicted molar refractivity (Wildman–Crippen MR) is 75.6 cm³/mol. The number of imide groups is 1. The van der Waals surface area contributed by atoms with Gasteiger partial charge in [0.25, 0.3) is 11.8 Å². The maximum Gasteiger partial charge on any atom is 0.261 e. The predicted octanol–water partition coefficient (Wildman–Crippen LogP) is 2.29. The first kappa shape index (κ1) is 14.2. The van der Waals surface area contributed by atoms with E-state index < -0.39 is 0 Å². The summed E-state index contributed by atoms with van der Waals surface area (Å²) in [6.45, 7) is 6.07. The van der Waals surface area contributed by atoms with Gasteiger partial charge in [0.1, 0.15) is 0 Å². The minimum absolute atomic E-state index is 0.124. The van der Waals surface area contributed by atoms with Gasteiger partial charge >= 0.3 is 0 Å². The molecule has 0 unspecified atom stereocenters. The van der Waals surface area contributed by atoms with Crippen molar-refractivity contribution in [1.29, 1.82) is 0 Å². The second-order valence-electron chi connectivity index (χ2n) is 5.28. The van der Waals surface area contributed by atoms with E-state index in [1.165, 1.54) is 4.90 Å². The Morgan fingerprint density at radius 1 is 1.20 bits per heavy atom. The molecule has 1 N–H and O–H groups in total. The SMILES string of the molecule is CCC(=O)Nc1ccc2c(c1)C(=O)N(CC(C)C)C2=O. The highest BCUT2D eigenvalue weighted by Gasteiger charge is 2.35. The molecule has 0 saturated carbocycles. The Balaban J connectivity index is 2.29. The molecular formula is C15H18N2O3. The quantitative estimate of drug-likeness (QED) is 0.857. The molecule has 0 aliphatic carbocycles. The molecule has 0 radical (unpaired) electrons. The molecule has 0 fully saturated rings. The second-order valence-corrected chi connectivity index (χ2v) is 5.28. The first-order chi connectivity index (χ1) is 9.43. The summed E-state index contributed by atoms with van der Waals surface area (Å²) in [4.78, 5) is 37.0. The van der Waals surface area contributed by atoms with Crippen LogP contribution in [0.3, 0.4) is 0 Å². The summed E-state index contributed by atoms with van der Waals surface area (Å²) in [5, 5.41) is 2.69. The van der Waals surface area contributed by atoms with Crippen molar-refractivity contribution in [3.8, 4) is 0 Å². The Hall–Kier alpha value is -2.17. The Kier molecular flexibility index (Phi) is 3.88. The number of carbonyl (C=O) groups is 3. The summed E-state index contributed by atoms with van der Waals surface area (Å²) in [7, 11) is 0. The van der Waals surface area contributed by atoms with E-state index in [4.69, 9.17) is 0 Å². The molecule has 0 saturated heterocycles. The van der Waals surface area contributed by atoms with Crippen molar-refractivity contribution in [2.75, 3.05) is 11.9 Å². The van der Waals surface area contributed by atoms with E-state index >= 15 is 0 Å². The first-order valence-electron chi connectivity index (χ1n) is 6.74. The first-order valence-corrected chi connectivity index (χ1v) is 6.74. The third kappa shape index (κ3) is 2.57. The minimum atomic E-state index is -0.286. The molecule has 1 heterocycles. The molecular weight excluding hydrogens is 256 g/mol. The van der Waals surface area contributed by atoms with Gasteiger partial charge in [-0.25, -0.2) is 0 Å². The molecule has 3 amide bonds. The third-order valence-electron chi connectivity index (χ3n) is 3.12. The molecule has 5 heteroatoms. The van der Waals surface area contributed by atoms with Crippen LogP contribution in [0, 0.1) is 5.92 Å². The molecule has 1 aliphatic heterocycles. The van der Waals surface area contributed by atoms with Gasteiger partial charge in [-0.1, -0.05) is 20.8 Å². The Bertz CT molecular complexity index is 578. The van der Waals surface area contributed by atoms with E-state index in [0.29, 0.717) is 29.8 Å². The molecule has 106 valence electrons. The van der Waals surface area contributed by atoms with Crippen LogP contribution in [0.15, 0.2) is 18.2 Å². The molecule has 20 heavy (non-hydrogen) atoms. The van der Waals surface area contributed by atoms with Crippen LogP contribution in [0.2, 0.25) is 0 Å². The van der Waals surface area contributed by atoms with Crippen molar-refractivity contribution in [2.24, 2.45) is 5.92 Å². The molecule has 2 rings (SSSR count). The highest BCUT2D eigenvalue weighted by Crippen LogP contribution is 2.26. The fourth-order valence-electron chi connectivity index (χ4n) is 2.15. The number of nitrogens with one attached hydrogen (secondary N) is 1. The van der Waals surface area contributed by atoms with E-state index in [1.807, 2.05) is 13.8 Å². The lowest BCUT2D eigenvalue weighted by molar-refractivity contribution is -0.115. The van der Waals surface area contributed by atoms with Crippen LogP contribution in [0.5, 0.6) is 0 Å². The van der Waals surface area contributed by atoms with Gasteiger partial charge in [-0.05, 0) is 24.1 Å². The third-order valence-corrected chi connectivity index (χ3v) is 3.12. The van der Waals surface area contributed by atoms with Crippen molar-refractivity contribution in [3.05, 3.63) is 29.3 Å². The fraction of sp³-hybridized carbons (Fsp3) is 0.400. The highest BCUT2D eigenvalue weighted by molar-refractivity contribution is 6.21. The summed E-state index contributed by atoms with van der Waals surface area (Å²) < 4.78 is 0. The Morgan fingerprint density at radius 3 is 2.45 bits per heavy atom. The molecule has 5 nitrogen and oxygen atoms in total. The molecule has 0 bridgehead atoms. The van der Waals surface area contributed by atoms with Gasteiger partial charge < -0.3 is 5.32 Å². The van der Waals surface area contributed by atoms with Gasteiger partial charge in [-0.3, -0.25) is 19.3 Å². The van der Waals surface area contributed by atoms with Gasteiger partial charge in [0.05, 0.1) is 11.1 Å². The monoisotopic (exact) mass is 274 g/mol. The Labute approximate surface area is 118 Å². The van der Waals surface area contributed by atoms with Crippen LogP contribution in [-0.4, -0.2) is 29.2 Å². The van der Waals surface area contributed by atoms with Gasteiger partial charge in [0, 0.05) is 18.7 Å². The maximum absolute atomic E-state index is 12.2. The number of rotatable bonds is 4. The zero-order valence-electron chi connectivity index (χ0n) is 11.9. The lowest BCUT2D eigenvalue weighted by Crippen LogP contribution is -2.33. The van der Waals surface area contributed by atoms with Crippen LogP contribution in [-0.2, 0) is 4.79 Å². The van der Waals surface area contributed by atoms with E-state index in [2.05, 4.69) is 5.32 Å². The van der Waals surface area contributed by atoms with Crippen LogP contribution in [0.1, 0.15) is 47.9 Å². The van der Waals surface area contributed by atoms with Crippen molar-refractivity contribution in [3.63, 3.8) is 0 Å². The number of amides is 3. The average Bonchev–Trinajstić information content (AvgIpc) is 2.63. The minimum Gasteiger partial charge on any atom is -0.326 e. The van der Waals surface area contributed by atoms with E-state index in [0.717, 1.165) is 0 Å². The standard InChI is InChI=1S/C15H18N2O3/c1-4-13(18)16-10-5-6-11-12(7-10)15(20)17(14(11)19)8-9(2)3/h5-7,9H,4,8H2,1-3H3,(H,16,18). The number of fused-ring (bicyclic) bond motifs is 1. The lowest BCUT2D eigenvalue weighted by atomic mass is 10.1. The molecule has 1 aromatic rings. The fourth-order valence-corrected chi connectivity index (χ4v) is 2.15. The van der Waals surface area contributed by atoms with Crippen LogP contribution < -0.4 is 5.32 Å². The smallest absolute Gasteiger partial charge is 0.261 e. The zero-order valence-corrected chi connectivity index (χ0v) is 11.9. The zero-order chi connectivity index (χ0) is 14.9. The number of carbonyl (C=O) groups excluding carboxylic acids is 3. The summed E-state index contributed by atoms with van der Waals surface area (Å²) in [6.07, 6.45) is 0.365. The van der Waals surface area contributed by atoms with Gasteiger partial charge in [0.15, 0.2) is 0 Å². The summed E-state index contributed by atoms with van der Waals surface area (Å²) in [6, 6.07) is 4.82. The van der Waals surface area contributed by atoms with Crippen LogP contribution in [0.4, 0.5) is 5.69 Å². The molecule has 0 spiro atoms. The lowest BCUT2D eigenvalue weighted by Gasteiger charge is -2.15. The molecule has 0 aromatic heterocycles. The maximum atomic E-state index is 12.2. The molecule has 1 aliphatic rings. The van der Waals surface area contributed by atoms with E-state index in [-0.39, 0.29) is 23.6 Å². The topological polar surface area (TPSA) is 66.5 Å². The van der Waals surface area contributed by atoms with E-state index in [1.54, 1.807) is 25.1 Å². The average molecular weight is 274 g/mol. The Morgan fingerprint density at radius 2 is 1.85 bits per heavy atom. The molecule has 0 atom stereocenters. The summed E-state index contributed by atoms with van der Waals surface area (Å²) in [5.41, 5.74) is 1.32. The number of hydrogen-bond donors (Lipinski definition) is 1. The van der Waals surface area contributed by atoms with Gasteiger partial charge in [0.2, 0.25) is 5.91 Å². The largest absolute Gasteiger partial charge is 0.326 e. The summed E-state index contributed by atoms with van der Waals surface area (Å²) in [5.74, 6) is -0.449. The van der Waals surface area contributed by atoms with E-state index in [9.17, 15) is 14.4 Å². The van der Waals surface area contributed by atoms with Crippen molar-refractivity contribution in [2.45, 2.75) is 27.2 Å². The number of hydrogen-bond acceptors (Lipinski definition) is 3. The summed E-state index contributed by atoms with van der Waals surface area (Å²) >= 11 is 0. The second kappa shape index (κ2) is 5.45. The number of nitrogens with zero attached hydrogens (tertiary/aromatic N) is 1. The van der Waals surface area contributed by atoms with Gasteiger partial charge in [-0.2, -0.15) is 0 Å². The highest BCUT2D eigenvalue weighted by atomic mass is 16.2. The van der Waals surface area contributed by atoms with Crippen molar-refractivity contribution < 1.29 is 14.4 Å². The van der Waals surface area contributed by atoms with Crippen molar-refractivity contribution in [1.82, 2.24) is 4.90 Å². The number of anilines is 1. The van der Waals surface area contributed by atoms with Crippen molar-refractivity contribution >= 4 is 23.4 Å². The van der Waals surface area contributed by atoms with Gasteiger partial charge in [-0.15, -0.1) is 0 Å². The molecule has 1 aromatic carbocycles. The van der Waals surface area contributed by atoms with Crippen LogP contribution >= 0.6 is 0 Å². The normalized spacial score (nSPS) is 13.9. The van der Waals surface area contributed by atoms with Crippen LogP contribution in [0.25, 0.3) is 0 Å².